The van der Waals surface area contributed by atoms with Crippen molar-refractivity contribution in [2.24, 2.45) is 5.73 Å². The highest BCUT2D eigenvalue weighted by Crippen LogP contribution is 2.15. The van der Waals surface area contributed by atoms with Crippen LogP contribution in [0.25, 0.3) is 10.9 Å². The summed E-state index contributed by atoms with van der Waals surface area (Å²) in [6.07, 6.45) is 2.14. The Morgan fingerprint density at radius 3 is 3.05 bits per heavy atom. The van der Waals surface area contributed by atoms with Crippen LogP contribution in [0, 0.1) is 0 Å². The van der Waals surface area contributed by atoms with Crippen molar-refractivity contribution < 1.29 is 4.74 Å². The Morgan fingerprint density at radius 2 is 2.20 bits per heavy atom. The molecule has 1 fully saturated rings. The van der Waals surface area contributed by atoms with Gasteiger partial charge < -0.3 is 10.5 Å². The number of rotatable bonds is 3. The molecule has 20 heavy (non-hydrogen) atoms. The van der Waals surface area contributed by atoms with Crippen LogP contribution in [-0.2, 0) is 11.3 Å². The van der Waals surface area contributed by atoms with Crippen LogP contribution in [0.5, 0.6) is 0 Å². The molecule has 3 rings (SSSR count). The number of para-hydroxylation sites is 1. The number of benzene rings is 1. The zero-order chi connectivity index (χ0) is 13.1. The van der Waals surface area contributed by atoms with Crippen LogP contribution in [0.2, 0.25) is 0 Å². The Morgan fingerprint density at radius 1 is 1.35 bits per heavy atom. The van der Waals surface area contributed by atoms with E-state index in [1.807, 2.05) is 24.4 Å². The van der Waals surface area contributed by atoms with Crippen molar-refractivity contribution in [3.63, 3.8) is 0 Å². The number of pyridine rings is 1. The Bertz CT molecular complexity index is 564. The molecule has 1 saturated heterocycles. The van der Waals surface area contributed by atoms with E-state index >= 15 is 0 Å². The zero-order valence-electron chi connectivity index (χ0n) is 11.4. The summed E-state index contributed by atoms with van der Waals surface area (Å²) in [6.45, 7) is 4.14. The van der Waals surface area contributed by atoms with Crippen molar-refractivity contribution in [2.45, 2.75) is 12.6 Å². The Labute approximate surface area is 125 Å². The molecular weight excluding hydrogens is 274 g/mol. The average molecular weight is 294 g/mol. The molecule has 0 bridgehead atoms. The molecule has 1 aromatic carbocycles. The number of aromatic nitrogens is 1. The van der Waals surface area contributed by atoms with Crippen LogP contribution in [0.1, 0.15) is 5.56 Å². The van der Waals surface area contributed by atoms with Gasteiger partial charge in [-0.2, -0.15) is 0 Å². The quantitative estimate of drug-likeness (QED) is 0.938. The third kappa shape index (κ3) is 3.46. The van der Waals surface area contributed by atoms with Gasteiger partial charge in [-0.15, -0.1) is 12.4 Å². The van der Waals surface area contributed by atoms with Crippen LogP contribution in [0.3, 0.4) is 0 Å². The lowest BCUT2D eigenvalue weighted by Crippen LogP contribution is -2.45. The summed E-state index contributed by atoms with van der Waals surface area (Å²) >= 11 is 0. The Hall–Kier alpha value is -1.20. The Balaban J connectivity index is 0.00000147. The molecule has 4 nitrogen and oxygen atoms in total. The van der Waals surface area contributed by atoms with Gasteiger partial charge in [0, 0.05) is 37.8 Å². The minimum Gasteiger partial charge on any atom is -0.374 e. The summed E-state index contributed by atoms with van der Waals surface area (Å²) in [5, 5.41) is 1.20. The van der Waals surface area contributed by atoms with Gasteiger partial charge in [-0.1, -0.05) is 18.2 Å². The van der Waals surface area contributed by atoms with E-state index in [-0.39, 0.29) is 18.5 Å². The highest BCUT2D eigenvalue weighted by Gasteiger charge is 2.19. The number of morpholine rings is 1. The lowest BCUT2D eigenvalue weighted by molar-refractivity contribution is -0.0260. The highest BCUT2D eigenvalue weighted by atomic mass is 35.5. The van der Waals surface area contributed by atoms with Gasteiger partial charge in [0.2, 0.25) is 0 Å². The second-order valence-electron chi connectivity index (χ2n) is 5.00. The fourth-order valence-corrected chi connectivity index (χ4v) is 2.53. The molecule has 0 saturated carbocycles. The second-order valence-corrected chi connectivity index (χ2v) is 5.00. The van der Waals surface area contributed by atoms with Crippen molar-refractivity contribution in [1.82, 2.24) is 9.88 Å². The maximum Gasteiger partial charge on any atom is 0.0824 e. The number of halogens is 1. The average Bonchev–Trinajstić information content (AvgIpc) is 2.47. The van der Waals surface area contributed by atoms with Gasteiger partial charge in [-0.05, 0) is 17.7 Å². The van der Waals surface area contributed by atoms with Gasteiger partial charge in [0.15, 0.2) is 0 Å². The third-order valence-corrected chi connectivity index (χ3v) is 3.54. The van der Waals surface area contributed by atoms with Crippen LogP contribution >= 0.6 is 12.4 Å². The predicted octanol–water partition coefficient (Wildman–Crippen LogP) is 1.82. The van der Waals surface area contributed by atoms with E-state index in [0.717, 1.165) is 31.8 Å². The molecule has 1 unspecified atom stereocenters. The number of fused-ring (bicyclic) bond motifs is 1. The zero-order valence-corrected chi connectivity index (χ0v) is 12.2. The van der Waals surface area contributed by atoms with Crippen LogP contribution < -0.4 is 5.73 Å². The molecule has 2 aromatic rings. The standard InChI is InChI=1S/C15H19N3O.ClH/c16-8-14-11-18(5-6-19-14)10-12-7-13-3-1-2-4-15(13)17-9-12;/h1-4,7,9,14H,5-6,8,10-11,16H2;1H. The fourth-order valence-electron chi connectivity index (χ4n) is 2.53. The molecular formula is C15H20ClN3O. The van der Waals surface area contributed by atoms with Gasteiger partial charge >= 0.3 is 0 Å². The van der Waals surface area contributed by atoms with Gasteiger partial charge in [0.1, 0.15) is 0 Å². The maximum absolute atomic E-state index is 5.67. The molecule has 0 spiro atoms. The van der Waals surface area contributed by atoms with E-state index in [1.165, 1.54) is 10.9 Å². The summed E-state index contributed by atoms with van der Waals surface area (Å²) in [7, 11) is 0. The lowest BCUT2D eigenvalue weighted by atomic mass is 10.1. The summed E-state index contributed by atoms with van der Waals surface area (Å²) in [4.78, 5) is 6.88. The van der Waals surface area contributed by atoms with Crippen LogP contribution in [-0.4, -0.2) is 42.2 Å². The van der Waals surface area contributed by atoms with Crippen LogP contribution in [0.4, 0.5) is 0 Å². The molecule has 1 atom stereocenters. The molecule has 2 N–H and O–H groups in total. The monoisotopic (exact) mass is 293 g/mol. The topological polar surface area (TPSA) is 51.4 Å². The normalized spacial score (nSPS) is 19.8. The number of nitrogens with two attached hydrogens (primary N) is 1. The van der Waals surface area contributed by atoms with Crippen molar-refractivity contribution in [3.05, 3.63) is 42.1 Å². The smallest absolute Gasteiger partial charge is 0.0824 e. The second kappa shape index (κ2) is 6.99. The van der Waals surface area contributed by atoms with Gasteiger partial charge in [0.25, 0.3) is 0 Å². The van der Waals surface area contributed by atoms with Crippen molar-refractivity contribution in [3.8, 4) is 0 Å². The molecule has 0 aliphatic carbocycles. The molecule has 0 amide bonds. The minimum atomic E-state index is 0. The summed E-state index contributed by atoms with van der Waals surface area (Å²) in [5.74, 6) is 0. The SMILES string of the molecule is Cl.NCC1CN(Cc2cnc3ccccc3c2)CCO1. The molecule has 5 heteroatoms. The maximum atomic E-state index is 5.67. The predicted molar refractivity (Wildman–Crippen MR) is 83.1 cm³/mol. The van der Waals surface area contributed by atoms with Crippen molar-refractivity contribution in [1.29, 1.82) is 0 Å². The molecule has 0 radical (unpaired) electrons. The fraction of sp³-hybridized carbons (Fsp3) is 0.400. The van der Waals surface area contributed by atoms with Gasteiger partial charge in [-0.25, -0.2) is 0 Å². The molecule has 1 aromatic heterocycles. The summed E-state index contributed by atoms with van der Waals surface area (Å²) < 4.78 is 5.58. The van der Waals surface area contributed by atoms with Crippen LogP contribution in [0.15, 0.2) is 36.5 Å². The first-order valence-electron chi connectivity index (χ1n) is 6.73. The van der Waals surface area contributed by atoms with E-state index < -0.39 is 0 Å². The number of ether oxygens (including phenoxy) is 1. The first kappa shape index (κ1) is 15.2. The van der Waals surface area contributed by atoms with E-state index in [4.69, 9.17) is 10.5 Å². The molecule has 1 aliphatic heterocycles. The van der Waals surface area contributed by atoms with Crippen molar-refractivity contribution >= 4 is 23.3 Å². The summed E-state index contributed by atoms with van der Waals surface area (Å²) in [6, 6.07) is 10.4. The van der Waals surface area contributed by atoms with Gasteiger partial charge in [0.05, 0.1) is 18.2 Å². The van der Waals surface area contributed by atoms with E-state index in [2.05, 4.69) is 22.0 Å². The van der Waals surface area contributed by atoms with E-state index in [0.29, 0.717) is 6.54 Å². The largest absolute Gasteiger partial charge is 0.374 e. The van der Waals surface area contributed by atoms with Crippen molar-refractivity contribution in [2.75, 3.05) is 26.2 Å². The van der Waals surface area contributed by atoms with E-state index in [1.54, 1.807) is 0 Å². The van der Waals surface area contributed by atoms with E-state index in [9.17, 15) is 0 Å². The third-order valence-electron chi connectivity index (χ3n) is 3.54. The van der Waals surface area contributed by atoms with Gasteiger partial charge in [-0.3, -0.25) is 9.88 Å². The molecule has 1 aliphatic rings. The minimum absolute atomic E-state index is 0. The molecule has 108 valence electrons. The molecule has 2 heterocycles. The Kier molecular flexibility index (Phi) is 5.31. The number of hydrogen-bond acceptors (Lipinski definition) is 4. The first-order chi connectivity index (χ1) is 9.35. The number of hydrogen-bond donors (Lipinski definition) is 1. The summed E-state index contributed by atoms with van der Waals surface area (Å²) in [5.41, 5.74) is 7.97. The lowest BCUT2D eigenvalue weighted by Gasteiger charge is -2.32. The highest BCUT2D eigenvalue weighted by molar-refractivity contribution is 5.85. The number of nitrogens with zero attached hydrogens (tertiary/aromatic N) is 2. The first-order valence-corrected chi connectivity index (χ1v) is 6.73.